The summed E-state index contributed by atoms with van der Waals surface area (Å²) in [5.41, 5.74) is 2.11. The van der Waals surface area contributed by atoms with Crippen LogP contribution >= 0.6 is 0 Å². The monoisotopic (exact) mass is 364 g/mol. The molecule has 2 rings (SSSR count). The predicted molar refractivity (Wildman–Crippen MR) is 102 cm³/mol. The summed E-state index contributed by atoms with van der Waals surface area (Å²) in [5, 5.41) is 11.9. The highest BCUT2D eigenvalue weighted by Gasteiger charge is 2.20. The van der Waals surface area contributed by atoms with E-state index in [4.69, 9.17) is 9.47 Å². The zero-order valence-electron chi connectivity index (χ0n) is 15.4. The van der Waals surface area contributed by atoms with Gasteiger partial charge in [0.25, 0.3) is 5.91 Å². The second kappa shape index (κ2) is 9.20. The molecule has 0 bridgehead atoms. The maximum Gasteiger partial charge on any atom is 0.349 e. The van der Waals surface area contributed by atoms with Crippen LogP contribution in [-0.2, 0) is 14.3 Å². The van der Waals surface area contributed by atoms with Crippen molar-refractivity contribution in [1.29, 1.82) is 5.26 Å². The number of anilines is 1. The normalized spacial score (nSPS) is 11.9. The van der Waals surface area contributed by atoms with Gasteiger partial charge in [0.1, 0.15) is 17.4 Å². The second-order valence-corrected chi connectivity index (χ2v) is 5.85. The summed E-state index contributed by atoms with van der Waals surface area (Å²) in [7, 11) is 1.55. The van der Waals surface area contributed by atoms with Crippen molar-refractivity contribution >= 4 is 23.6 Å². The Morgan fingerprint density at radius 2 is 1.74 bits per heavy atom. The molecule has 0 aliphatic carbocycles. The Bertz CT molecular complexity index is 878. The highest BCUT2D eigenvalue weighted by Crippen LogP contribution is 2.15. The van der Waals surface area contributed by atoms with Crippen molar-refractivity contribution in [2.75, 3.05) is 12.4 Å². The van der Waals surface area contributed by atoms with Gasteiger partial charge in [-0.2, -0.15) is 5.26 Å². The molecule has 0 fully saturated rings. The van der Waals surface area contributed by atoms with E-state index in [1.807, 2.05) is 19.1 Å². The molecule has 1 atom stereocenters. The van der Waals surface area contributed by atoms with Crippen LogP contribution in [0.4, 0.5) is 5.69 Å². The third-order valence-electron chi connectivity index (χ3n) is 3.74. The van der Waals surface area contributed by atoms with Crippen molar-refractivity contribution < 1.29 is 19.1 Å². The lowest BCUT2D eigenvalue weighted by Crippen LogP contribution is -2.30. The van der Waals surface area contributed by atoms with Crippen molar-refractivity contribution in [3.05, 3.63) is 65.2 Å². The third kappa shape index (κ3) is 5.72. The molecule has 0 saturated heterocycles. The summed E-state index contributed by atoms with van der Waals surface area (Å²) < 4.78 is 10.2. The fraction of sp³-hybridized carbons (Fsp3) is 0.190. The number of methoxy groups -OCH3 is 1. The molecule has 0 unspecified atom stereocenters. The van der Waals surface area contributed by atoms with Crippen LogP contribution in [0.15, 0.2) is 54.1 Å². The zero-order chi connectivity index (χ0) is 19.8. The maximum absolute atomic E-state index is 12.2. The minimum atomic E-state index is -1.05. The summed E-state index contributed by atoms with van der Waals surface area (Å²) in [6.45, 7) is 3.39. The van der Waals surface area contributed by atoms with Crippen LogP contribution < -0.4 is 10.1 Å². The zero-order valence-corrected chi connectivity index (χ0v) is 15.4. The Balaban J connectivity index is 2.01. The number of esters is 1. The van der Waals surface area contributed by atoms with Gasteiger partial charge in [-0.25, -0.2) is 4.79 Å². The highest BCUT2D eigenvalue weighted by molar-refractivity contribution is 6.01. The largest absolute Gasteiger partial charge is 0.497 e. The number of benzene rings is 2. The average molecular weight is 364 g/mol. The molecule has 1 N–H and O–H groups in total. The summed E-state index contributed by atoms with van der Waals surface area (Å²) in [6.07, 6.45) is 0.346. The average Bonchev–Trinajstić information content (AvgIpc) is 2.68. The number of hydrogen-bond acceptors (Lipinski definition) is 5. The number of rotatable bonds is 6. The number of nitrogens with one attached hydrogen (secondary N) is 1. The fourth-order valence-electron chi connectivity index (χ4n) is 2.16. The van der Waals surface area contributed by atoms with Crippen LogP contribution in [0.2, 0.25) is 0 Å². The molecule has 0 saturated carbocycles. The summed E-state index contributed by atoms with van der Waals surface area (Å²) in [6, 6.07) is 15.9. The number of carbonyl (C=O) groups excluding carboxylic acids is 2. The quantitative estimate of drug-likeness (QED) is 0.482. The van der Waals surface area contributed by atoms with Crippen LogP contribution in [0.5, 0.6) is 5.75 Å². The molecular weight excluding hydrogens is 344 g/mol. The number of amides is 1. The van der Waals surface area contributed by atoms with Gasteiger partial charge in [0.2, 0.25) is 0 Å². The van der Waals surface area contributed by atoms with Gasteiger partial charge in [0.05, 0.1) is 7.11 Å². The molecule has 2 aromatic rings. The summed E-state index contributed by atoms with van der Waals surface area (Å²) in [5.74, 6) is -0.677. The van der Waals surface area contributed by atoms with Gasteiger partial charge in [-0.1, -0.05) is 29.8 Å². The van der Waals surface area contributed by atoms with Gasteiger partial charge >= 0.3 is 5.97 Å². The van der Waals surface area contributed by atoms with Crippen LogP contribution in [0.25, 0.3) is 6.08 Å². The lowest BCUT2D eigenvalue weighted by Gasteiger charge is -2.13. The molecule has 0 heterocycles. The SMILES string of the molecule is COc1ccc(/C=C(\C#N)C(=O)O[C@@H](C)C(=O)Nc2ccc(C)cc2)cc1. The molecule has 0 aliphatic rings. The van der Waals surface area contributed by atoms with E-state index in [1.54, 1.807) is 49.6 Å². The second-order valence-electron chi connectivity index (χ2n) is 5.85. The first-order chi connectivity index (χ1) is 12.9. The van der Waals surface area contributed by atoms with Crippen molar-refractivity contribution in [3.8, 4) is 11.8 Å². The minimum Gasteiger partial charge on any atom is -0.497 e. The Hall–Kier alpha value is -3.59. The molecule has 0 radical (unpaired) electrons. The van der Waals surface area contributed by atoms with Gasteiger partial charge in [-0.05, 0) is 49.8 Å². The Labute approximate surface area is 158 Å². The van der Waals surface area contributed by atoms with Crippen molar-refractivity contribution in [2.45, 2.75) is 20.0 Å². The molecule has 6 heteroatoms. The van der Waals surface area contributed by atoms with E-state index in [0.717, 1.165) is 5.56 Å². The number of nitriles is 1. The van der Waals surface area contributed by atoms with Crippen LogP contribution in [-0.4, -0.2) is 25.1 Å². The predicted octanol–water partition coefficient (Wildman–Crippen LogP) is 3.48. The molecular formula is C21H20N2O4. The standard InChI is InChI=1S/C21H20N2O4/c1-14-4-8-18(9-5-14)23-20(24)15(2)27-21(25)17(13-22)12-16-6-10-19(26-3)11-7-16/h4-12,15H,1-3H3,(H,23,24)/b17-12+/t15-/m0/s1. The minimum absolute atomic E-state index is 0.199. The molecule has 27 heavy (non-hydrogen) atoms. The highest BCUT2D eigenvalue weighted by atomic mass is 16.5. The molecule has 0 spiro atoms. The lowest BCUT2D eigenvalue weighted by molar-refractivity contribution is -0.148. The molecule has 1 amide bonds. The molecule has 138 valence electrons. The van der Waals surface area contributed by atoms with Crippen LogP contribution in [0, 0.1) is 18.3 Å². The van der Waals surface area contributed by atoms with Crippen LogP contribution in [0.3, 0.4) is 0 Å². The first kappa shape index (κ1) is 19.7. The van der Waals surface area contributed by atoms with Crippen molar-refractivity contribution in [1.82, 2.24) is 0 Å². The number of hydrogen-bond donors (Lipinski definition) is 1. The number of ether oxygens (including phenoxy) is 2. The third-order valence-corrected chi connectivity index (χ3v) is 3.74. The number of nitrogens with zero attached hydrogens (tertiary/aromatic N) is 1. The summed E-state index contributed by atoms with van der Waals surface area (Å²) in [4.78, 5) is 24.4. The van der Waals surface area contributed by atoms with Gasteiger partial charge < -0.3 is 14.8 Å². The van der Waals surface area contributed by atoms with Gasteiger partial charge in [-0.15, -0.1) is 0 Å². The van der Waals surface area contributed by atoms with Crippen LogP contribution in [0.1, 0.15) is 18.1 Å². The molecule has 0 aliphatic heterocycles. The molecule has 6 nitrogen and oxygen atoms in total. The van der Waals surface area contributed by atoms with E-state index in [-0.39, 0.29) is 5.57 Å². The Kier molecular flexibility index (Phi) is 6.73. The Morgan fingerprint density at radius 3 is 2.30 bits per heavy atom. The lowest BCUT2D eigenvalue weighted by atomic mass is 10.1. The molecule has 0 aromatic heterocycles. The maximum atomic E-state index is 12.2. The Morgan fingerprint density at radius 1 is 1.11 bits per heavy atom. The molecule has 2 aromatic carbocycles. The van der Waals surface area contributed by atoms with E-state index in [1.165, 1.54) is 13.0 Å². The smallest absolute Gasteiger partial charge is 0.349 e. The van der Waals surface area contributed by atoms with E-state index in [9.17, 15) is 14.9 Å². The first-order valence-corrected chi connectivity index (χ1v) is 8.27. The van der Waals surface area contributed by atoms with Gasteiger partial charge in [0, 0.05) is 5.69 Å². The van der Waals surface area contributed by atoms with E-state index < -0.39 is 18.0 Å². The van der Waals surface area contributed by atoms with E-state index >= 15 is 0 Å². The summed E-state index contributed by atoms with van der Waals surface area (Å²) >= 11 is 0. The van der Waals surface area contributed by atoms with Gasteiger partial charge in [-0.3, -0.25) is 4.79 Å². The number of aryl methyl sites for hydroxylation is 1. The number of carbonyl (C=O) groups is 2. The topological polar surface area (TPSA) is 88.4 Å². The van der Waals surface area contributed by atoms with E-state index in [2.05, 4.69) is 5.32 Å². The van der Waals surface area contributed by atoms with Crippen molar-refractivity contribution in [3.63, 3.8) is 0 Å². The van der Waals surface area contributed by atoms with Gasteiger partial charge in [0.15, 0.2) is 6.10 Å². The van der Waals surface area contributed by atoms with Crippen molar-refractivity contribution in [2.24, 2.45) is 0 Å². The first-order valence-electron chi connectivity index (χ1n) is 8.27. The van der Waals surface area contributed by atoms with E-state index in [0.29, 0.717) is 17.0 Å². The fourth-order valence-corrected chi connectivity index (χ4v) is 2.16.